The molecule has 0 fully saturated rings. The molecule has 0 aromatic carbocycles. The summed E-state index contributed by atoms with van der Waals surface area (Å²) in [5, 5.41) is 15.2. The molecule has 1 atom stereocenters. The highest BCUT2D eigenvalue weighted by molar-refractivity contribution is 7.80. The number of carbonyl (C=O) groups excluding carboxylic acids is 3. The summed E-state index contributed by atoms with van der Waals surface area (Å²) < 4.78 is 5.16. The van der Waals surface area contributed by atoms with E-state index in [0.717, 1.165) is 0 Å². The van der Waals surface area contributed by atoms with Crippen LogP contribution >= 0.6 is 12.6 Å². The maximum absolute atomic E-state index is 11.9. The van der Waals surface area contributed by atoms with Crippen LogP contribution in [-0.2, 0) is 19.1 Å². The van der Waals surface area contributed by atoms with Crippen LogP contribution in [0.1, 0.15) is 27.2 Å². The fraction of sp³-hybridized carbons (Fsp3) is 0.786. The molecule has 0 bridgehead atoms. The molecule has 0 spiro atoms. The first-order valence-corrected chi connectivity index (χ1v) is 7.74. The van der Waals surface area contributed by atoms with Crippen LogP contribution in [0.2, 0.25) is 0 Å². The van der Waals surface area contributed by atoms with Crippen molar-refractivity contribution in [3.8, 4) is 0 Å². The number of hydrogen-bond donors (Lipinski definition) is 4. The molecule has 0 aromatic heterocycles. The van der Waals surface area contributed by atoms with Gasteiger partial charge in [-0.2, -0.15) is 12.6 Å². The Bertz CT molecular complexity index is 387. The molecule has 0 saturated heterocycles. The monoisotopic (exact) mass is 334 g/mol. The first-order valence-electron chi connectivity index (χ1n) is 7.11. The van der Waals surface area contributed by atoms with Crippen molar-refractivity contribution in [2.75, 3.05) is 32.1 Å². The van der Waals surface area contributed by atoms with Gasteiger partial charge in [0.1, 0.15) is 12.7 Å². The Morgan fingerprint density at radius 2 is 1.86 bits per heavy atom. The molecule has 0 aliphatic heterocycles. The Morgan fingerprint density at radius 1 is 1.23 bits per heavy atom. The summed E-state index contributed by atoms with van der Waals surface area (Å²) in [4.78, 5) is 34.0. The fourth-order valence-electron chi connectivity index (χ4n) is 1.57. The van der Waals surface area contributed by atoms with Crippen molar-refractivity contribution >= 4 is 30.2 Å². The van der Waals surface area contributed by atoms with Gasteiger partial charge >= 0.3 is 0 Å². The SMILES string of the molecule is CC(=O)COCC(C)(C)C(O)C(=O)NCCC(=O)NCCS. The number of ether oxygens (including phenoxy) is 1. The molecule has 0 aliphatic carbocycles. The summed E-state index contributed by atoms with van der Waals surface area (Å²) in [6, 6.07) is 0. The van der Waals surface area contributed by atoms with Crippen molar-refractivity contribution in [1.82, 2.24) is 10.6 Å². The minimum absolute atomic E-state index is 0.0525. The van der Waals surface area contributed by atoms with Crippen LogP contribution < -0.4 is 10.6 Å². The lowest BCUT2D eigenvalue weighted by Crippen LogP contribution is -2.46. The summed E-state index contributed by atoms with van der Waals surface area (Å²) in [5.74, 6) is -0.334. The summed E-state index contributed by atoms with van der Waals surface area (Å²) in [6.07, 6.45) is -1.16. The highest BCUT2D eigenvalue weighted by Gasteiger charge is 2.33. The van der Waals surface area contributed by atoms with Crippen LogP contribution in [0.4, 0.5) is 0 Å². The van der Waals surface area contributed by atoms with Gasteiger partial charge in [0, 0.05) is 30.7 Å². The van der Waals surface area contributed by atoms with Crippen LogP contribution in [0.3, 0.4) is 0 Å². The summed E-state index contributed by atoms with van der Waals surface area (Å²) in [5.41, 5.74) is -0.839. The molecule has 2 amide bonds. The van der Waals surface area contributed by atoms with Crippen molar-refractivity contribution in [2.45, 2.75) is 33.3 Å². The molecule has 1 unspecified atom stereocenters. The number of carbonyl (C=O) groups is 3. The van der Waals surface area contributed by atoms with Crippen LogP contribution in [0.15, 0.2) is 0 Å². The largest absolute Gasteiger partial charge is 0.383 e. The molecule has 128 valence electrons. The smallest absolute Gasteiger partial charge is 0.249 e. The Kier molecular flexibility index (Phi) is 10.0. The van der Waals surface area contributed by atoms with Gasteiger partial charge in [0.25, 0.3) is 0 Å². The summed E-state index contributed by atoms with van der Waals surface area (Å²) in [6.45, 7) is 5.35. The Balaban J connectivity index is 4.12. The Morgan fingerprint density at radius 3 is 2.41 bits per heavy atom. The topological polar surface area (TPSA) is 105 Å². The van der Waals surface area contributed by atoms with Crippen molar-refractivity contribution in [2.24, 2.45) is 5.41 Å². The van der Waals surface area contributed by atoms with Crippen LogP contribution in [0, 0.1) is 5.41 Å². The summed E-state index contributed by atoms with van der Waals surface area (Å²) >= 11 is 3.97. The Labute approximate surface area is 136 Å². The molecule has 0 heterocycles. The van der Waals surface area contributed by atoms with Gasteiger partial charge in [0.2, 0.25) is 11.8 Å². The summed E-state index contributed by atoms with van der Waals surface area (Å²) in [7, 11) is 0. The normalized spacial score (nSPS) is 12.6. The van der Waals surface area contributed by atoms with E-state index >= 15 is 0 Å². The first kappa shape index (κ1) is 20.9. The van der Waals surface area contributed by atoms with E-state index in [4.69, 9.17) is 4.74 Å². The maximum atomic E-state index is 11.9. The molecule has 8 heteroatoms. The zero-order chi connectivity index (χ0) is 17.2. The van der Waals surface area contributed by atoms with E-state index in [1.54, 1.807) is 13.8 Å². The molecule has 0 radical (unpaired) electrons. The minimum Gasteiger partial charge on any atom is -0.383 e. The number of thiol groups is 1. The first-order chi connectivity index (χ1) is 10.2. The number of rotatable bonds is 11. The van der Waals surface area contributed by atoms with E-state index in [1.165, 1.54) is 6.92 Å². The van der Waals surface area contributed by atoms with E-state index in [9.17, 15) is 19.5 Å². The number of ketones is 1. The van der Waals surface area contributed by atoms with E-state index in [2.05, 4.69) is 23.3 Å². The molecule has 7 nitrogen and oxygen atoms in total. The van der Waals surface area contributed by atoms with Crippen molar-refractivity contribution in [3.05, 3.63) is 0 Å². The lowest BCUT2D eigenvalue weighted by atomic mass is 9.87. The second-order valence-corrected chi connectivity index (χ2v) is 6.15. The van der Waals surface area contributed by atoms with Gasteiger partial charge in [-0.1, -0.05) is 13.8 Å². The molecule has 0 rings (SSSR count). The zero-order valence-corrected chi connectivity index (χ0v) is 14.2. The van der Waals surface area contributed by atoms with E-state index in [1.807, 2.05) is 0 Å². The molecular formula is C14H26N2O5S. The van der Waals surface area contributed by atoms with Gasteiger partial charge in [-0.05, 0) is 6.92 Å². The zero-order valence-electron chi connectivity index (χ0n) is 13.3. The van der Waals surface area contributed by atoms with Crippen molar-refractivity contribution in [1.29, 1.82) is 0 Å². The molecule has 22 heavy (non-hydrogen) atoms. The minimum atomic E-state index is -1.29. The number of aliphatic hydroxyl groups is 1. The third-order valence-corrected chi connectivity index (χ3v) is 3.08. The predicted octanol–water partition coefficient (Wildman–Crippen LogP) is -0.469. The standard InChI is InChI=1S/C14H26N2O5S/c1-10(17)8-21-9-14(2,3)12(19)13(20)16-5-4-11(18)15-6-7-22/h12,19,22H,4-9H2,1-3H3,(H,15,18)(H,16,20). The van der Waals surface area contributed by atoms with Crippen LogP contribution in [-0.4, -0.2) is 60.9 Å². The molecule has 0 saturated carbocycles. The molecular weight excluding hydrogens is 308 g/mol. The lowest BCUT2D eigenvalue weighted by Gasteiger charge is -2.29. The van der Waals surface area contributed by atoms with Gasteiger partial charge in [-0.15, -0.1) is 0 Å². The predicted molar refractivity (Wildman–Crippen MR) is 85.8 cm³/mol. The number of hydrogen-bond acceptors (Lipinski definition) is 6. The number of amides is 2. The van der Waals surface area contributed by atoms with Gasteiger partial charge in [-0.3, -0.25) is 14.4 Å². The highest BCUT2D eigenvalue weighted by atomic mass is 32.1. The molecule has 3 N–H and O–H groups in total. The van der Waals surface area contributed by atoms with Gasteiger partial charge < -0.3 is 20.5 Å². The highest BCUT2D eigenvalue weighted by Crippen LogP contribution is 2.21. The van der Waals surface area contributed by atoms with Gasteiger partial charge in [0.15, 0.2) is 5.78 Å². The number of Topliss-reactive ketones (excluding diaryl/α,β-unsaturated/α-hetero) is 1. The third kappa shape index (κ3) is 9.01. The van der Waals surface area contributed by atoms with E-state index in [0.29, 0.717) is 12.3 Å². The van der Waals surface area contributed by atoms with Crippen molar-refractivity contribution < 1.29 is 24.2 Å². The lowest BCUT2D eigenvalue weighted by molar-refractivity contribution is -0.139. The third-order valence-electron chi connectivity index (χ3n) is 2.85. The average Bonchev–Trinajstić information content (AvgIpc) is 2.43. The second kappa shape index (κ2) is 10.6. The quantitative estimate of drug-likeness (QED) is 0.383. The molecule has 0 aromatic rings. The second-order valence-electron chi connectivity index (χ2n) is 5.70. The fourth-order valence-corrected chi connectivity index (χ4v) is 1.68. The average molecular weight is 334 g/mol. The number of nitrogens with one attached hydrogen (secondary N) is 2. The maximum Gasteiger partial charge on any atom is 0.249 e. The Hall–Kier alpha value is -1.12. The van der Waals surface area contributed by atoms with Crippen molar-refractivity contribution in [3.63, 3.8) is 0 Å². The van der Waals surface area contributed by atoms with E-state index < -0.39 is 17.4 Å². The number of aliphatic hydroxyl groups excluding tert-OH is 1. The van der Waals surface area contributed by atoms with Gasteiger partial charge in [0.05, 0.1) is 6.61 Å². The van der Waals surface area contributed by atoms with E-state index in [-0.39, 0.29) is 37.9 Å². The molecule has 0 aliphatic rings. The van der Waals surface area contributed by atoms with Gasteiger partial charge in [-0.25, -0.2) is 0 Å². The van der Waals surface area contributed by atoms with Crippen LogP contribution in [0.25, 0.3) is 0 Å². The van der Waals surface area contributed by atoms with Crippen LogP contribution in [0.5, 0.6) is 0 Å².